The van der Waals surface area contributed by atoms with Crippen molar-refractivity contribution in [2.24, 2.45) is 5.10 Å². The molecule has 0 spiro atoms. The third kappa shape index (κ3) is 3.35. The number of aryl methyl sites for hydroxylation is 1. The van der Waals surface area contributed by atoms with E-state index in [4.69, 9.17) is 4.42 Å². The molecule has 0 radical (unpaired) electrons. The van der Waals surface area contributed by atoms with Gasteiger partial charge in [-0.05, 0) is 37.3 Å². The largest absolute Gasteiger partial charge is 0.504 e. The molecule has 3 aromatic rings. The van der Waals surface area contributed by atoms with Crippen LogP contribution in [0.5, 0.6) is 11.5 Å². The Balaban J connectivity index is 1.81. The summed E-state index contributed by atoms with van der Waals surface area (Å²) in [5.41, 5.74) is 3.67. The lowest BCUT2D eigenvalue weighted by Crippen LogP contribution is -2.18. The second-order valence-corrected chi connectivity index (χ2v) is 5.42. The summed E-state index contributed by atoms with van der Waals surface area (Å²) in [5, 5.41) is 22.8. The molecule has 3 rings (SSSR count). The summed E-state index contributed by atoms with van der Waals surface area (Å²) in [6, 6.07) is 8.89. The van der Waals surface area contributed by atoms with Gasteiger partial charge in [0.25, 0.3) is 5.91 Å². The van der Waals surface area contributed by atoms with Crippen LogP contribution in [0.15, 0.2) is 57.0 Å². The maximum atomic E-state index is 12.4. The standard InChI is InChI=1S/C18H14N2O5/c1-10-2-5-16-13(6-10)17(23)12(9-25-16)8-19-20-18(24)11-3-4-14(21)15(22)7-11/h2-9,21-22H,1H3,(H,20,24)/b19-8+. The Kier molecular flexibility index (Phi) is 4.21. The minimum absolute atomic E-state index is 0.105. The quantitative estimate of drug-likeness (QED) is 0.385. The van der Waals surface area contributed by atoms with Crippen LogP contribution in [-0.2, 0) is 0 Å². The van der Waals surface area contributed by atoms with Gasteiger partial charge in [-0.3, -0.25) is 9.59 Å². The van der Waals surface area contributed by atoms with Crippen LogP contribution in [0.3, 0.4) is 0 Å². The number of fused-ring (bicyclic) bond motifs is 1. The Morgan fingerprint density at radius 1 is 1.16 bits per heavy atom. The number of hydrogen-bond acceptors (Lipinski definition) is 6. The van der Waals surface area contributed by atoms with Crippen LogP contribution in [0, 0.1) is 6.92 Å². The maximum Gasteiger partial charge on any atom is 0.271 e. The van der Waals surface area contributed by atoms with Crippen LogP contribution >= 0.6 is 0 Å². The topological polar surface area (TPSA) is 112 Å². The maximum absolute atomic E-state index is 12.4. The summed E-state index contributed by atoms with van der Waals surface area (Å²) in [6.07, 6.45) is 2.45. The van der Waals surface area contributed by atoms with Crippen molar-refractivity contribution in [1.29, 1.82) is 0 Å². The van der Waals surface area contributed by atoms with Gasteiger partial charge < -0.3 is 14.6 Å². The minimum atomic E-state index is -0.604. The van der Waals surface area contributed by atoms with Gasteiger partial charge in [-0.1, -0.05) is 11.6 Å². The number of hydrogen-bond donors (Lipinski definition) is 3. The van der Waals surface area contributed by atoms with E-state index < -0.39 is 11.7 Å². The summed E-state index contributed by atoms with van der Waals surface area (Å²) >= 11 is 0. The van der Waals surface area contributed by atoms with E-state index in [1.54, 1.807) is 12.1 Å². The summed E-state index contributed by atoms with van der Waals surface area (Å²) < 4.78 is 5.38. The first kappa shape index (κ1) is 16.3. The zero-order valence-corrected chi connectivity index (χ0v) is 13.2. The van der Waals surface area contributed by atoms with Gasteiger partial charge in [0.15, 0.2) is 11.5 Å². The predicted molar refractivity (Wildman–Crippen MR) is 92.1 cm³/mol. The Hall–Kier alpha value is -3.61. The third-order valence-corrected chi connectivity index (χ3v) is 3.56. The van der Waals surface area contributed by atoms with Crippen molar-refractivity contribution in [3.05, 3.63) is 69.6 Å². The van der Waals surface area contributed by atoms with Crippen molar-refractivity contribution < 1.29 is 19.4 Å². The number of phenolic OH excluding ortho intramolecular Hbond substituents is 2. The summed E-state index contributed by atoms with van der Waals surface area (Å²) in [7, 11) is 0. The Bertz CT molecular complexity index is 1050. The monoisotopic (exact) mass is 338 g/mol. The molecule has 1 amide bonds. The van der Waals surface area contributed by atoms with Crippen LogP contribution in [0.2, 0.25) is 0 Å². The molecule has 0 aliphatic heterocycles. The molecule has 25 heavy (non-hydrogen) atoms. The number of phenols is 2. The van der Waals surface area contributed by atoms with Gasteiger partial charge in [0.05, 0.1) is 17.2 Å². The number of carbonyl (C=O) groups is 1. The highest BCUT2D eigenvalue weighted by atomic mass is 16.3. The predicted octanol–water partition coefficient (Wildman–Crippen LogP) is 2.28. The Labute approximate surface area is 141 Å². The second-order valence-electron chi connectivity index (χ2n) is 5.42. The molecule has 1 aromatic heterocycles. The van der Waals surface area contributed by atoms with E-state index in [9.17, 15) is 19.8 Å². The highest BCUT2D eigenvalue weighted by Crippen LogP contribution is 2.24. The highest BCUT2D eigenvalue weighted by Gasteiger charge is 2.09. The van der Waals surface area contributed by atoms with Crippen molar-refractivity contribution in [2.75, 3.05) is 0 Å². The van der Waals surface area contributed by atoms with E-state index >= 15 is 0 Å². The van der Waals surface area contributed by atoms with E-state index in [-0.39, 0.29) is 22.3 Å². The molecule has 126 valence electrons. The van der Waals surface area contributed by atoms with Crippen molar-refractivity contribution in [3.8, 4) is 11.5 Å². The van der Waals surface area contributed by atoms with E-state index in [2.05, 4.69) is 10.5 Å². The Morgan fingerprint density at radius 2 is 1.96 bits per heavy atom. The van der Waals surface area contributed by atoms with E-state index in [1.807, 2.05) is 13.0 Å². The summed E-state index contributed by atoms with van der Waals surface area (Å²) in [6.45, 7) is 1.87. The second kappa shape index (κ2) is 6.48. The van der Waals surface area contributed by atoms with Gasteiger partial charge in [-0.25, -0.2) is 5.43 Å². The van der Waals surface area contributed by atoms with Gasteiger partial charge in [0.2, 0.25) is 5.43 Å². The van der Waals surface area contributed by atoms with Crippen LogP contribution in [0.1, 0.15) is 21.5 Å². The van der Waals surface area contributed by atoms with Gasteiger partial charge in [-0.15, -0.1) is 0 Å². The number of carbonyl (C=O) groups excluding carboxylic acids is 1. The first-order valence-electron chi connectivity index (χ1n) is 7.33. The third-order valence-electron chi connectivity index (χ3n) is 3.56. The summed E-state index contributed by atoms with van der Waals surface area (Å²) in [5.74, 6) is -1.35. The summed E-state index contributed by atoms with van der Waals surface area (Å²) in [4.78, 5) is 24.3. The number of rotatable bonds is 3. The van der Waals surface area contributed by atoms with Gasteiger partial charge in [-0.2, -0.15) is 5.10 Å². The smallest absolute Gasteiger partial charge is 0.271 e. The van der Waals surface area contributed by atoms with E-state index in [0.717, 1.165) is 11.6 Å². The number of nitrogens with one attached hydrogen (secondary N) is 1. The number of hydrazone groups is 1. The first-order chi connectivity index (χ1) is 12.0. The molecule has 1 heterocycles. The number of nitrogens with zero attached hydrogens (tertiary/aromatic N) is 1. The average Bonchev–Trinajstić information content (AvgIpc) is 2.59. The number of aromatic hydroxyl groups is 2. The first-order valence-corrected chi connectivity index (χ1v) is 7.33. The molecule has 2 aromatic carbocycles. The van der Waals surface area contributed by atoms with Crippen molar-refractivity contribution in [2.45, 2.75) is 6.92 Å². The van der Waals surface area contributed by atoms with Gasteiger partial charge in [0.1, 0.15) is 11.8 Å². The van der Waals surface area contributed by atoms with Crippen LogP contribution in [0.25, 0.3) is 11.0 Å². The molecular weight excluding hydrogens is 324 g/mol. The van der Waals surface area contributed by atoms with Crippen LogP contribution in [-0.4, -0.2) is 22.3 Å². The fourth-order valence-electron chi connectivity index (χ4n) is 2.24. The lowest BCUT2D eigenvalue weighted by molar-refractivity contribution is 0.0954. The zero-order chi connectivity index (χ0) is 18.0. The molecule has 0 unspecified atom stereocenters. The molecule has 0 saturated carbocycles. The van der Waals surface area contributed by atoms with Crippen molar-refractivity contribution >= 4 is 23.1 Å². The molecular formula is C18H14N2O5. The SMILES string of the molecule is Cc1ccc2occ(/C=N/NC(=O)c3ccc(O)c(O)c3)c(=O)c2c1. The Morgan fingerprint density at radius 3 is 2.72 bits per heavy atom. The van der Waals surface area contributed by atoms with E-state index in [0.29, 0.717) is 11.0 Å². The molecule has 0 fully saturated rings. The van der Waals surface area contributed by atoms with Gasteiger partial charge >= 0.3 is 0 Å². The molecule has 0 aliphatic carbocycles. The average molecular weight is 338 g/mol. The molecule has 0 aliphatic rings. The van der Waals surface area contributed by atoms with Crippen LogP contribution < -0.4 is 10.9 Å². The van der Waals surface area contributed by atoms with Crippen LogP contribution in [0.4, 0.5) is 0 Å². The zero-order valence-electron chi connectivity index (χ0n) is 13.2. The minimum Gasteiger partial charge on any atom is -0.504 e. The molecule has 0 saturated heterocycles. The molecule has 3 N–H and O–H groups in total. The fraction of sp³-hybridized carbons (Fsp3) is 0.0556. The highest BCUT2D eigenvalue weighted by molar-refractivity contribution is 5.95. The number of amides is 1. The lowest BCUT2D eigenvalue weighted by atomic mass is 10.1. The van der Waals surface area contributed by atoms with Crippen molar-refractivity contribution in [3.63, 3.8) is 0 Å². The molecule has 0 bridgehead atoms. The number of benzene rings is 2. The fourth-order valence-corrected chi connectivity index (χ4v) is 2.24. The van der Waals surface area contributed by atoms with E-state index in [1.165, 1.54) is 24.6 Å². The lowest BCUT2D eigenvalue weighted by Gasteiger charge is -2.02. The molecule has 0 atom stereocenters. The van der Waals surface area contributed by atoms with Crippen molar-refractivity contribution in [1.82, 2.24) is 5.43 Å². The van der Waals surface area contributed by atoms with Gasteiger partial charge in [0, 0.05) is 5.56 Å². The normalized spacial score (nSPS) is 11.1. The molecule has 7 heteroatoms. The molecule has 7 nitrogen and oxygen atoms in total.